The maximum atomic E-state index is 13.5. The zero-order valence-corrected chi connectivity index (χ0v) is 15.2. The molecule has 0 aliphatic carbocycles. The highest BCUT2D eigenvalue weighted by molar-refractivity contribution is 7.99. The first-order valence-electron chi connectivity index (χ1n) is 8.99. The average Bonchev–Trinajstić information content (AvgIpc) is 2.63. The van der Waals surface area contributed by atoms with E-state index in [0.29, 0.717) is 6.54 Å². The third-order valence-electron chi connectivity index (χ3n) is 4.61. The standard InChI is InChI=1S/C18H26FN3O2S/c19-14-3-4-17-15(13-14)16(5-12-25-17)21-18(23)20-6-1-2-7-22-8-10-24-11-9-22/h3-4,13,16H,1-2,5-12H2,(H2,20,21,23)/t16-/m0/s1. The molecule has 2 aliphatic heterocycles. The molecule has 0 radical (unpaired) electrons. The monoisotopic (exact) mass is 367 g/mol. The Labute approximate surface area is 152 Å². The summed E-state index contributed by atoms with van der Waals surface area (Å²) in [5, 5.41) is 5.90. The van der Waals surface area contributed by atoms with E-state index in [-0.39, 0.29) is 17.9 Å². The van der Waals surface area contributed by atoms with Gasteiger partial charge in [-0.1, -0.05) is 0 Å². The van der Waals surface area contributed by atoms with Crippen molar-refractivity contribution in [3.05, 3.63) is 29.6 Å². The molecule has 138 valence electrons. The predicted octanol–water partition coefficient (Wildman–Crippen LogP) is 2.77. The van der Waals surface area contributed by atoms with Crippen molar-refractivity contribution in [2.75, 3.05) is 45.1 Å². The molecular formula is C18H26FN3O2S. The van der Waals surface area contributed by atoms with Crippen LogP contribution in [0.3, 0.4) is 0 Å². The van der Waals surface area contributed by atoms with Gasteiger partial charge in [-0.25, -0.2) is 9.18 Å². The molecule has 0 aromatic heterocycles. The van der Waals surface area contributed by atoms with E-state index in [4.69, 9.17) is 4.74 Å². The van der Waals surface area contributed by atoms with Gasteiger partial charge >= 0.3 is 6.03 Å². The van der Waals surface area contributed by atoms with Gasteiger partial charge in [0.05, 0.1) is 19.3 Å². The van der Waals surface area contributed by atoms with E-state index in [1.165, 1.54) is 12.1 Å². The molecular weight excluding hydrogens is 341 g/mol. The van der Waals surface area contributed by atoms with Gasteiger partial charge in [0.25, 0.3) is 0 Å². The van der Waals surface area contributed by atoms with Crippen molar-refractivity contribution < 1.29 is 13.9 Å². The molecule has 1 aromatic carbocycles. The van der Waals surface area contributed by atoms with Crippen LogP contribution in [-0.2, 0) is 4.74 Å². The van der Waals surface area contributed by atoms with Gasteiger partial charge < -0.3 is 15.4 Å². The molecule has 5 nitrogen and oxygen atoms in total. The zero-order chi connectivity index (χ0) is 17.5. The number of thioether (sulfide) groups is 1. The number of halogens is 1. The van der Waals surface area contributed by atoms with Crippen molar-refractivity contribution in [3.63, 3.8) is 0 Å². The number of morpholine rings is 1. The highest BCUT2D eigenvalue weighted by Crippen LogP contribution is 2.36. The number of rotatable bonds is 6. The number of urea groups is 1. The Balaban J connectivity index is 1.36. The first-order chi connectivity index (χ1) is 12.2. The number of hydrogen-bond acceptors (Lipinski definition) is 4. The highest BCUT2D eigenvalue weighted by Gasteiger charge is 2.22. The van der Waals surface area contributed by atoms with Gasteiger partial charge in [-0.15, -0.1) is 11.8 Å². The van der Waals surface area contributed by atoms with E-state index in [9.17, 15) is 9.18 Å². The number of hydrogen-bond donors (Lipinski definition) is 2. The van der Waals surface area contributed by atoms with Crippen LogP contribution >= 0.6 is 11.8 Å². The second-order valence-corrected chi connectivity index (χ2v) is 7.57. The van der Waals surface area contributed by atoms with Crippen LogP contribution < -0.4 is 10.6 Å². The minimum absolute atomic E-state index is 0.111. The number of ether oxygens (including phenoxy) is 1. The molecule has 2 heterocycles. The number of unbranched alkanes of at least 4 members (excludes halogenated alkanes) is 1. The molecule has 0 unspecified atom stereocenters. The molecule has 1 aromatic rings. The number of nitrogens with zero attached hydrogens (tertiary/aromatic N) is 1. The number of carbonyl (C=O) groups excluding carboxylic acids is 1. The normalized spacial score (nSPS) is 20.8. The lowest BCUT2D eigenvalue weighted by atomic mass is 10.0. The summed E-state index contributed by atoms with van der Waals surface area (Å²) in [5.74, 6) is 0.680. The maximum absolute atomic E-state index is 13.5. The lowest BCUT2D eigenvalue weighted by molar-refractivity contribution is 0.0372. The third-order valence-corrected chi connectivity index (χ3v) is 5.73. The Morgan fingerprint density at radius 3 is 3.00 bits per heavy atom. The van der Waals surface area contributed by atoms with Crippen LogP contribution in [0, 0.1) is 5.82 Å². The summed E-state index contributed by atoms with van der Waals surface area (Å²) >= 11 is 1.71. The van der Waals surface area contributed by atoms with Gasteiger partial charge in [0, 0.05) is 30.3 Å². The summed E-state index contributed by atoms with van der Waals surface area (Å²) in [5.41, 5.74) is 0.888. The van der Waals surface area contributed by atoms with Crippen LogP contribution in [0.15, 0.2) is 23.1 Å². The molecule has 0 bridgehead atoms. The molecule has 25 heavy (non-hydrogen) atoms. The van der Waals surface area contributed by atoms with Crippen LogP contribution in [0.2, 0.25) is 0 Å². The lowest BCUT2D eigenvalue weighted by Gasteiger charge is -2.27. The minimum Gasteiger partial charge on any atom is -0.379 e. The quantitative estimate of drug-likeness (QED) is 0.759. The second kappa shape index (κ2) is 9.40. The SMILES string of the molecule is O=C(NCCCCN1CCOCC1)N[C@H]1CCSc2ccc(F)cc21. The van der Waals surface area contributed by atoms with E-state index >= 15 is 0 Å². The predicted molar refractivity (Wildman–Crippen MR) is 97.5 cm³/mol. The fourth-order valence-corrected chi connectivity index (χ4v) is 4.32. The van der Waals surface area contributed by atoms with E-state index in [2.05, 4.69) is 15.5 Å². The van der Waals surface area contributed by atoms with Gasteiger partial charge in [-0.2, -0.15) is 0 Å². The summed E-state index contributed by atoms with van der Waals surface area (Å²) in [4.78, 5) is 15.6. The van der Waals surface area contributed by atoms with Crippen molar-refractivity contribution in [2.24, 2.45) is 0 Å². The number of amides is 2. The molecule has 0 spiro atoms. The average molecular weight is 367 g/mol. The van der Waals surface area contributed by atoms with Crippen molar-refractivity contribution in [1.29, 1.82) is 0 Å². The summed E-state index contributed by atoms with van der Waals surface area (Å²) < 4.78 is 18.8. The Morgan fingerprint density at radius 1 is 1.32 bits per heavy atom. The second-order valence-electron chi connectivity index (χ2n) is 6.43. The van der Waals surface area contributed by atoms with Crippen LogP contribution in [-0.4, -0.2) is 56.1 Å². The number of carbonyl (C=O) groups is 1. The summed E-state index contributed by atoms with van der Waals surface area (Å²) in [6.07, 6.45) is 2.84. The summed E-state index contributed by atoms with van der Waals surface area (Å²) in [7, 11) is 0. The number of fused-ring (bicyclic) bond motifs is 1. The third kappa shape index (κ3) is 5.59. The van der Waals surface area contributed by atoms with Crippen LogP contribution in [0.1, 0.15) is 30.9 Å². The topological polar surface area (TPSA) is 53.6 Å². The Kier molecular flexibility index (Phi) is 6.95. The van der Waals surface area contributed by atoms with Crippen molar-refractivity contribution >= 4 is 17.8 Å². The molecule has 2 amide bonds. The fourth-order valence-electron chi connectivity index (χ4n) is 3.21. The van der Waals surface area contributed by atoms with Gasteiger partial charge in [-0.05, 0) is 49.6 Å². The van der Waals surface area contributed by atoms with Crippen molar-refractivity contribution in [3.8, 4) is 0 Å². The fraction of sp³-hybridized carbons (Fsp3) is 0.611. The highest BCUT2D eigenvalue weighted by atomic mass is 32.2. The Bertz CT molecular complexity index is 581. The number of benzene rings is 1. The zero-order valence-electron chi connectivity index (χ0n) is 14.4. The van der Waals surface area contributed by atoms with Gasteiger partial charge in [0.2, 0.25) is 0 Å². The molecule has 7 heteroatoms. The van der Waals surface area contributed by atoms with Crippen molar-refractivity contribution in [1.82, 2.24) is 15.5 Å². The van der Waals surface area contributed by atoms with Gasteiger partial charge in [0.15, 0.2) is 0 Å². The molecule has 0 saturated carbocycles. The van der Waals surface area contributed by atoms with Crippen LogP contribution in [0.4, 0.5) is 9.18 Å². The summed E-state index contributed by atoms with van der Waals surface area (Å²) in [6, 6.07) is 4.53. The lowest BCUT2D eigenvalue weighted by Crippen LogP contribution is -2.40. The van der Waals surface area contributed by atoms with E-state index in [0.717, 1.165) is 68.3 Å². The van der Waals surface area contributed by atoms with Crippen LogP contribution in [0.25, 0.3) is 0 Å². The van der Waals surface area contributed by atoms with Gasteiger partial charge in [-0.3, -0.25) is 4.90 Å². The van der Waals surface area contributed by atoms with E-state index < -0.39 is 0 Å². The van der Waals surface area contributed by atoms with Crippen LogP contribution in [0.5, 0.6) is 0 Å². The largest absolute Gasteiger partial charge is 0.379 e. The molecule has 2 N–H and O–H groups in total. The smallest absolute Gasteiger partial charge is 0.315 e. The first kappa shape index (κ1) is 18.5. The molecule has 1 atom stereocenters. The molecule has 1 saturated heterocycles. The molecule has 2 aliphatic rings. The van der Waals surface area contributed by atoms with E-state index in [1.54, 1.807) is 17.8 Å². The minimum atomic E-state index is -0.253. The van der Waals surface area contributed by atoms with E-state index in [1.807, 2.05) is 0 Å². The molecule has 1 fully saturated rings. The Morgan fingerprint density at radius 2 is 2.16 bits per heavy atom. The van der Waals surface area contributed by atoms with Crippen molar-refractivity contribution in [2.45, 2.75) is 30.2 Å². The Hall–Kier alpha value is -1.31. The molecule has 3 rings (SSSR count). The maximum Gasteiger partial charge on any atom is 0.315 e. The summed E-state index contributed by atoms with van der Waals surface area (Å²) in [6.45, 7) is 5.37. The number of nitrogens with one attached hydrogen (secondary N) is 2. The van der Waals surface area contributed by atoms with Gasteiger partial charge in [0.1, 0.15) is 5.82 Å². The first-order valence-corrected chi connectivity index (χ1v) is 9.97.